The summed E-state index contributed by atoms with van der Waals surface area (Å²) >= 11 is 5.80. The summed E-state index contributed by atoms with van der Waals surface area (Å²) in [7, 11) is 0. The fourth-order valence-corrected chi connectivity index (χ4v) is 1.70. The molecule has 0 radical (unpaired) electrons. The third kappa shape index (κ3) is 6.46. The molecule has 0 unspecified atom stereocenters. The van der Waals surface area contributed by atoms with Crippen molar-refractivity contribution in [2.45, 2.75) is 13.8 Å². The minimum atomic E-state index is -1.14. The number of hydrogen-bond donors (Lipinski definition) is 3. The Kier molecular flexibility index (Phi) is 6.98. The first-order valence-electron chi connectivity index (χ1n) is 6.55. The zero-order valence-electron chi connectivity index (χ0n) is 12.0. The van der Waals surface area contributed by atoms with E-state index in [2.05, 4.69) is 10.6 Å². The Hall–Kier alpha value is -1.79. The predicted octanol–water partition coefficient (Wildman–Crippen LogP) is 2.83. The van der Waals surface area contributed by atoms with Gasteiger partial charge in [-0.2, -0.15) is 0 Å². The number of amides is 2. The van der Waals surface area contributed by atoms with Gasteiger partial charge in [0.1, 0.15) is 0 Å². The quantitative estimate of drug-likeness (QED) is 0.675. The Morgan fingerprint density at radius 2 is 2.10 bits per heavy atom. The van der Waals surface area contributed by atoms with E-state index in [0.29, 0.717) is 30.7 Å². The Morgan fingerprint density at radius 3 is 2.71 bits per heavy atom. The predicted molar refractivity (Wildman–Crippen MR) is 81.1 cm³/mol. The van der Waals surface area contributed by atoms with Gasteiger partial charge < -0.3 is 20.5 Å². The lowest BCUT2D eigenvalue weighted by Crippen LogP contribution is -2.32. The molecular weight excluding hydrogens is 296 g/mol. The largest absolute Gasteiger partial charge is 0.478 e. The molecule has 1 aromatic rings. The summed E-state index contributed by atoms with van der Waals surface area (Å²) in [6.07, 6.45) is 0. The van der Waals surface area contributed by atoms with Gasteiger partial charge in [0.15, 0.2) is 0 Å². The number of carbonyl (C=O) groups excluding carboxylic acids is 1. The van der Waals surface area contributed by atoms with Crippen LogP contribution in [0.15, 0.2) is 18.2 Å². The van der Waals surface area contributed by atoms with Crippen molar-refractivity contribution >= 4 is 29.3 Å². The maximum atomic E-state index is 11.7. The summed E-state index contributed by atoms with van der Waals surface area (Å²) in [6, 6.07) is 3.67. The van der Waals surface area contributed by atoms with E-state index in [4.69, 9.17) is 21.4 Å². The molecule has 0 aliphatic rings. The molecular formula is C14H19ClN2O4. The van der Waals surface area contributed by atoms with Crippen molar-refractivity contribution in [1.29, 1.82) is 0 Å². The molecule has 2 amide bonds. The molecule has 116 valence electrons. The van der Waals surface area contributed by atoms with Crippen molar-refractivity contribution in [2.24, 2.45) is 5.92 Å². The number of carbonyl (C=O) groups is 2. The number of ether oxygens (including phenoxy) is 1. The number of nitrogens with one attached hydrogen (secondary N) is 2. The van der Waals surface area contributed by atoms with E-state index in [1.54, 1.807) is 0 Å². The molecule has 1 rings (SSSR count). The number of carboxylic acids is 1. The molecule has 21 heavy (non-hydrogen) atoms. The van der Waals surface area contributed by atoms with Crippen LogP contribution in [0.3, 0.4) is 0 Å². The first kappa shape index (κ1) is 17.3. The summed E-state index contributed by atoms with van der Waals surface area (Å²) in [5.41, 5.74) is 0.126. The van der Waals surface area contributed by atoms with Gasteiger partial charge in [0.05, 0.1) is 17.9 Å². The number of aromatic carboxylic acids is 1. The third-order valence-electron chi connectivity index (χ3n) is 2.44. The average molecular weight is 315 g/mol. The Morgan fingerprint density at radius 1 is 1.38 bits per heavy atom. The Labute approximate surface area is 128 Å². The lowest BCUT2D eigenvalue weighted by molar-refractivity contribution is 0.0698. The maximum absolute atomic E-state index is 11.7. The number of urea groups is 1. The topological polar surface area (TPSA) is 87.7 Å². The van der Waals surface area contributed by atoms with Crippen molar-refractivity contribution in [3.05, 3.63) is 28.8 Å². The summed E-state index contributed by atoms with van der Waals surface area (Å²) in [5, 5.41) is 14.4. The van der Waals surface area contributed by atoms with E-state index >= 15 is 0 Å². The summed E-state index contributed by atoms with van der Waals surface area (Å²) in [5.74, 6) is -0.703. The monoisotopic (exact) mass is 314 g/mol. The van der Waals surface area contributed by atoms with Crippen LogP contribution in [0.4, 0.5) is 10.5 Å². The highest BCUT2D eigenvalue weighted by Gasteiger charge is 2.12. The molecule has 0 saturated carbocycles. The second kappa shape index (κ2) is 8.49. The van der Waals surface area contributed by atoms with Gasteiger partial charge in [-0.05, 0) is 24.1 Å². The van der Waals surface area contributed by atoms with Crippen LogP contribution in [0, 0.1) is 5.92 Å². The fourth-order valence-electron chi connectivity index (χ4n) is 1.53. The van der Waals surface area contributed by atoms with Crippen LogP contribution in [-0.4, -0.2) is 36.9 Å². The lowest BCUT2D eigenvalue weighted by atomic mass is 10.2. The molecule has 7 heteroatoms. The van der Waals surface area contributed by atoms with Gasteiger partial charge in [-0.25, -0.2) is 9.59 Å². The minimum absolute atomic E-state index is 0.0226. The first-order valence-corrected chi connectivity index (χ1v) is 6.93. The average Bonchev–Trinajstić information content (AvgIpc) is 2.37. The molecule has 0 aliphatic carbocycles. The zero-order chi connectivity index (χ0) is 15.8. The van der Waals surface area contributed by atoms with Crippen LogP contribution in [-0.2, 0) is 4.74 Å². The van der Waals surface area contributed by atoms with Crippen LogP contribution < -0.4 is 10.6 Å². The van der Waals surface area contributed by atoms with Crippen LogP contribution in [0.25, 0.3) is 0 Å². The highest BCUT2D eigenvalue weighted by molar-refractivity contribution is 6.31. The van der Waals surface area contributed by atoms with E-state index in [0.717, 1.165) is 0 Å². The molecule has 3 N–H and O–H groups in total. The van der Waals surface area contributed by atoms with Gasteiger partial charge >= 0.3 is 12.0 Å². The molecule has 0 spiro atoms. The summed E-state index contributed by atoms with van der Waals surface area (Å²) < 4.78 is 5.32. The van der Waals surface area contributed by atoms with Gasteiger partial charge in [-0.1, -0.05) is 25.4 Å². The SMILES string of the molecule is CC(C)COCCNC(=O)Nc1cc(Cl)ccc1C(=O)O. The third-order valence-corrected chi connectivity index (χ3v) is 2.68. The van der Waals surface area contributed by atoms with Gasteiger partial charge in [-0.3, -0.25) is 0 Å². The number of anilines is 1. The molecule has 0 aliphatic heterocycles. The maximum Gasteiger partial charge on any atom is 0.337 e. The molecule has 0 aromatic heterocycles. The van der Waals surface area contributed by atoms with E-state index < -0.39 is 12.0 Å². The molecule has 1 aromatic carbocycles. The second-order valence-electron chi connectivity index (χ2n) is 4.84. The van der Waals surface area contributed by atoms with Crippen LogP contribution in [0.1, 0.15) is 24.2 Å². The molecule has 0 fully saturated rings. The van der Waals surface area contributed by atoms with Crippen molar-refractivity contribution in [2.75, 3.05) is 25.1 Å². The number of rotatable bonds is 7. The minimum Gasteiger partial charge on any atom is -0.478 e. The second-order valence-corrected chi connectivity index (χ2v) is 5.28. The fraction of sp³-hybridized carbons (Fsp3) is 0.429. The summed E-state index contributed by atoms with van der Waals surface area (Å²) in [6.45, 7) is 5.43. The van der Waals surface area contributed by atoms with Gasteiger partial charge in [0.25, 0.3) is 0 Å². The molecule has 6 nitrogen and oxygen atoms in total. The Balaban J connectivity index is 2.47. The summed E-state index contributed by atoms with van der Waals surface area (Å²) in [4.78, 5) is 22.7. The number of carboxylic acid groups (broad SMARTS) is 1. The van der Waals surface area contributed by atoms with Crippen molar-refractivity contribution in [3.8, 4) is 0 Å². The van der Waals surface area contributed by atoms with Gasteiger partial charge in [-0.15, -0.1) is 0 Å². The van der Waals surface area contributed by atoms with Crippen LogP contribution in [0.5, 0.6) is 0 Å². The lowest BCUT2D eigenvalue weighted by Gasteiger charge is -2.11. The van der Waals surface area contributed by atoms with E-state index in [1.165, 1.54) is 18.2 Å². The highest BCUT2D eigenvalue weighted by Crippen LogP contribution is 2.21. The molecule has 0 heterocycles. The normalized spacial score (nSPS) is 10.5. The number of hydrogen-bond acceptors (Lipinski definition) is 3. The van der Waals surface area contributed by atoms with Crippen LogP contribution in [0.2, 0.25) is 5.02 Å². The van der Waals surface area contributed by atoms with Gasteiger partial charge in [0, 0.05) is 18.2 Å². The van der Waals surface area contributed by atoms with Crippen LogP contribution >= 0.6 is 11.6 Å². The first-order chi connectivity index (χ1) is 9.90. The van der Waals surface area contributed by atoms with E-state index in [9.17, 15) is 9.59 Å². The molecule has 0 atom stereocenters. The number of benzene rings is 1. The standard InChI is InChI=1S/C14H19ClN2O4/c1-9(2)8-21-6-5-16-14(20)17-12-7-10(15)3-4-11(12)13(18)19/h3-4,7,9H,5-6,8H2,1-2H3,(H,18,19)(H2,16,17,20). The van der Waals surface area contributed by atoms with E-state index in [1.807, 2.05) is 13.8 Å². The number of halogens is 1. The zero-order valence-corrected chi connectivity index (χ0v) is 12.7. The van der Waals surface area contributed by atoms with E-state index in [-0.39, 0.29) is 11.3 Å². The van der Waals surface area contributed by atoms with Gasteiger partial charge in [0.2, 0.25) is 0 Å². The van der Waals surface area contributed by atoms with Crippen molar-refractivity contribution < 1.29 is 19.4 Å². The molecule has 0 saturated heterocycles. The smallest absolute Gasteiger partial charge is 0.337 e. The van der Waals surface area contributed by atoms with Crippen molar-refractivity contribution in [3.63, 3.8) is 0 Å². The highest BCUT2D eigenvalue weighted by atomic mass is 35.5. The molecule has 0 bridgehead atoms. The van der Waals surface area contributed by atoms with Crippen molar-refractivity contribution in [1.82, 2.24) is 5.32 Å². The Bertz CT molecular complexity index is 506.